The average Bonchev–Trinajstić information content (AvgIpc) is 2.75. The van der Waals surface area contributed by atoms with Crippen molar-refractivity contribution in [3.63, 3.8) is 0 Å². The molecule has 1 atom stereocenters. The summed E-state index contributed by atoms with van der Waals surface area (Å²) in [5, 5.41) is 3.26. The lowest BCUT2D eigenvalue weighted by molar-refractivity contribution is 0.365. The van der Waals surface area contributed by atoms with Gasteiger partial charge in [0.25, 0.3) is 0 Å². The van der Waals surface area contributed by atoms with Crippen molar-refractivity contribution in [1.29, 1.82) is 0 Å². The lowest BCUT2D eigenvalue weighted by Crippen LogP contribution is -2.34. The van der Waals surface area contributed by atoms with E-state index in [1.807, 2.05) is 0 Å². The summed E-state index contributed by atoms with van der Waals surface area (Å²) in [6, 6.07) is 0. The Labute approximate surface area is 121 Å². The van der Waals surface area contributed by atoms with Crippen LogP contribution in [0.1, 0.15) is 25.7 Å². The molecule has 6 nitrogen and oxygen atoms in total. The molecule has 0 aromatic heterocycles. The topological polar surface area (TPSA) is 92.3 Å². The Morgan fingerprint density at radius 1 is 1.10 bits per heavy atom. The van der Waals surface area contributed by atoms with Gasteiger partial charge in [-0.3, -0.25) is 0 Å². The van der Waals surface area contributed by atoms with Gasteiger partial charge in [0.15, 0.2) is 9.84 Å². The molecule has 2 aliphatic heterocycles. The Kier molecular flexibility index (Phi) is 5.44. The van der Waals surface area contributed by atoms with Crippen molar-refractivity contribution in [2.24, 2.45) is 11.8 Å². The fraction of sp³-hybridized carbons (Fsp3) is 1.00. The lowest BCUT2D eigenvalue weighted by Gasteiger charge is -2.22. The minimum absolute atomic E-state index is 0.0614. The number of piperidine rings is 1. The minimum Gasteiger partial charge on any atom is -0.317 e. The van der Waals surface area contributed by atoms with Gasteiger partial charge >= 0.3 is 0 Å². The van der Waals surface area contributed by atoms with Crippen LogP contribution in [0.4, 0.5) is 0 Å². The van der Waals surface area contributed by atoms with Crippen LogP contribution in [-0.2, 0) is 19.9 Å². The summed E-state index contributed by atoms with van der Waals surface area (Å²) in [7, 11) is -6.21. The third-order valence-electron chi connectivity index (χ3n) is 4.17. The zero-order valence-corrected chi connectivity index (χ0v) is 13.3. The van der Waals surface area contributed by atoms with Gasteiger partial charge in [-0.1, -0.05) is 0 Å². The SMILES string of the molecule is O=S1(=O)CCC(CNS(=O)(=O)CCC2CCNCC2)C1. The zero-order chi connectivity index (χ0) is 14.6. The molecule has 2 N–H and O–H groups in total. The molecule has 118 valence electrons. The molecule has 0 bridgehead atoms. The largest absolute Gasteiger partial charge is 0.317 e. The first kappa shape index (κ1) is 16.2. The second-order valence-electron chi connectivity index (χ2n) is 5.92. The molecule has 0 radical (unpaired) electrons. The van der Waals surface area contributed by atoms with E-state index in [9.17, 15) is 16.8 Å². The Balaban J connectivity index is 1.71. The molecule has 2 fully saturated rings. The first-order valence-electron chi connectivity index (χ1n) is 7.25. The van der Waals surface area contributed by atoms with Crippen molar-refractivity contribution in [1.82, 2.24) is 10.0 Å². The predicted octanol–water partition coefficient (Wildman–Crippen LogP) is -0.270. The highest BCUT2D eigenvalue weighted by atomic mass is 32.2. The van der Waals surface area contributed by atoms with Gasteiger partial charge in [-0.25, -0.2) is 21.6 Å². The molecule has 2 heterocycles. The minimum atomic E-state index is -3.27. The number of nitrogens with one attached hydrogen (secondary N) is 2. The number of rotatable bonds is 6. The molecular formula is C12H24N2O4S2. The molecule has 0 aromatic rings. The zero-order valence-electron chi connectivity index (χ0n) is 11.7. The van der Waals surface area contributed by atoms with Gasteiger partial charge in [0, 0.05) is 6.54 Å². The van der Waals surface area contributed by atoms with Gasteiger partial charge in [-0.15, -0.1) is 0 Å². The fourth-order valence-corrected chi connectivity index (χ4v) is 5.98. The third-order valence-corrected chi connectivity index (χ3v) is 7.39. The van der Waals surface area contributed by atoms with Crippen LogP contribution in [0.3, 0.4) is 0 Å². The number of hydrogen-bond donors (Lipinski definition) is 2. The molecule has 2 saturated heterocycles. The van der Waals surface area contributed by atoms with Gasteiger partial charge < -0.3 is 5.32 Å². The molecule has 8 heteroatoms. The summed E-state index contributed by atoms with van der Waals surface area (Å²) in [6.45, 7) is 2.20. The molecule has 0 amide bonds. The van der Waals surface area contributed by atoms with Gasteiger partial charge in [-0.2, -0.15) is 0 Å². The average molecular weight is 324 g/mol. The van der Waals surface area contributed by atoms with E-state index >= 15 is 0 Å². The Morgan fingerprint density at radius 3 is 2.40 bits per heavy atom. The van der Waals surface area contributed by atoms with Crippen molar-refractivity contribution < 1.29 is 16.8 Å². The van der Waals surface area contributed by atoms with Gasteiger partial charge in [0.05, 0.1) is 17.3 Å². The smallest absolute Gasteiger partial charge is 0.211 e. The number of hydrogen-bond acceptors (Lipinski definition) is 5. The van der Waals surface area contributed by atoms with Gasteiger partial charge in [0.2, 0.25) is 10.0 Å². The van der Waals surface area contributed by atoms with Crippen molar-refractivity contribution in [3.8, 4) is 0 Å². The summed E-state index contributed by atoms with van der Waals surface area (Å²) < 4.78 is 49.0. The molecule has 0 aromatic carbocycles. The maximum atomic E-state index is 11.9. The first-order chi connectivity index (χ1) is 9.36. The van der Waals surface area contributed by atoms with Crippen LogP contribution in [0.2, 0.25) is 0 Å². The number of sulfone groups is 1. The van der Waals surface area contributed by atoms with Crippen molar-refractivity contribution >= 4 is 19.9 Å². The van der Waals surface area contributed by atoms with Crippen LogP contribution in [0.15, 0.2) is 0 Å². The van der Waals surface area contributed by atoms with E-state index in [0.717, 1.165) is 25.9 Å². The summed E-state index contributed by atoms with van der Waals surface area (Å²) in [5.41, 5.74) is 0. The summed E-state index contributed by atoms with van der Waals surface area (Å²) in [4.78, 5) is 0. The predicted molar refractivity (Wildman–Crippen MR) is 78.8 cm³/mol. The van der Waals surface area contributed by atoms with Gasteiger partial charge in [-0.05, 0) is 50.6 Å². The summed E-state index contributed by atoms with van der Waals surface area (Å²) >= 11 is 0. The van der Waals surface area contributed by atoms with Crippen LogP contribution in [0.5, 0.6) is 0 Å². The van der Waals surface area contributed by atoms with Crippen LogP contribution in [0.25, 0.3) is 0 Å². The second kappa shape index (κ2) is 6.72. The van der Waals surface area contributed by atoms with E-state index in [4.69, 9.17) is 0 Å². The molecule has 1 unspecified atom stereocenters. The van der Waals surface area contributed by atoms with E-state index in [-0.39, 0.29) is 29.7 Å². The molecule has 20 heavy (non-hydrogen) atoms. The molecule has 2 aliphatic rings. The van der Waals surface area contributed by atoms with E-state index in [0.29, 0.717) is 18.8 Å². The van der Waals surface area contributed by atoms with Crippen LogP contribution >= 0.6 is 0 Å². The maximum Gasteiger partial charge on any atom is 0.211 e. The molecular weight excluding hydrogens is 300 g/mol. The van der Waals surface area contributed by atoms with Gasteiger partial charge in [0.1, 0.15) is 0 Å². The Hall–Kier alpha value is -0.180. The fourth-order valence-electron chi connectivity index (χ4n) is 2.84. The van der Waals surface area contributed by atoms with Crippen LogP contribution in [0, 0.1) is 11.8 Å². The molecule has 0 aliphatic carbocycles. The maximum absolute atomic E-state index is 11.9. The number of sulfonamides is 1. The highest BCUT2D eigenvalue weighted by Gasteiger charge is 2.28. The Morgan fingerprint density at radius 2 is 1.80 bits per heavy atom. The molecule has 0 saturated carbocycles. The second-order valence-corrected chi connectivity index (χ2v) is 10.1. The highest BCUT2D eigenvalue weighted by molar-refractivity contribution is 7.91. The monoisotopic (exact) mass is 324 g/mol. The van der Waals surface area contributed by atoms with Crippen LogP contribution in [-0.4, -0.2) is 53.7 Å². The normalized spacial score (nSPS) is 27.7. The third kappa shape index (κ3) is 5.31. The van der Waals surface area contributed by atoms with E-state index < -0.39 is 19.9 Å². The summed E-state index contributed by atoms with van der Waals surface area (Å²) in [5.74, 6) is 0.878. The summed E-state index contributed by atoms with van der Waals surface area (Å²) in [6.07, 6.45) is 3.34. The molecule has 0 spiro atoms. The quantitative estimate of drug-likeness (QED) is 0.702. The highest BCUT2D eigenvalue weighted by Crippen LogP contribution is 2.19. The first-order valence-corrected chi connectivity index (χ1v) is 10.7. The van der Waals surface area contributed by atoms with E-state index in [2.05, 4.69) is 10.0 Å². The van der Waals surface area contributed by atoms with Crippen molar-refractivity contribution in [3.05, 3.63) is 0 Å². The lowest BCUT2D eigenvalue weighted by atomic mass is 9.96. The van der Waals surface area contributed by atoms with E-state index in [1.165, 1.54) is 0 Å². The molecule has 2 rings (SSSR count). The standard InChI is InChI=1S/C12H24N2O4S2/c15-19(16)7-3-12(10-19)9-14-20(17,18)8-4-11-1-5-13-6-2-11/h11-14H,1-10H2. The van der Waals surface area contributed by atoms with E-state index in [1.54, 1.807) is 0 Å². The van der Waals surface area contributed by atoms with Crippen molar-refractivity contribution in [2.75, 3.05) is 36.9 Å². The Bertz CT molecular complexity index is 510. The van der Waals surface area contributed by atoms with Crippen LogP contribution < -0.4 is 10.0 Å². The van der Waals surface area contributed by atoms with Crippen molar-refractivity contribution in [2.45, 2.75) is 25.7 Å².